The minimum atomic E-state index is -0.300. The largest absolute Gasteiger partial charge is 0.377 e. The molecule has 0 aliphatic carbocycles. The minimum absolute atomic E-state index is 0.124. The third-order valence-corrected chi connectivity index (χ3v) is 2.49. The standard InChI is InChI=1S/C11H15Cl2N3O/c1-7(2)6-16-11(17)10(13)9(5-15-16)14-4-8(3)12/h5,7,14H,3-4,6H2,1-2H3. The highest BCUT2D eigenvalue weighted by Crippen LogP contribution is 2.16. The van der Waals surface area contributed by atoms with Gasteiger partial charge in [-0.05, 0) is 5.92 Å². The second-order valence-corrected chi connectivity index (χ2v) is 5.04. The highest BCUT2D eigenvalue weighted by Gasteiger charge is 2.09. The van der Waals surface area contributed by atoms with Crippen LogP contribution in [0.2, 0.25) is 5.02 Å². The van der Waals surface area contributed by atoms with Crippen molar-refractivity contribution in [2.24, 2.45) is 5.92 Å². The van der Waals surface area contributed by atoms with E-state index in [0.29, 0.717) is 29.7 Å². The van der Waals surface area contributed by atoms with Gasteiger partial charge in [-0.25, -0.2) is 4.68 Å². The van der Waals surface area contributed by atoms with Gasteiger partial charge in [0.2, 0.25) is 0 Å². The van der Waals surface area contributed by atoms with Crippen LogP contribution in [0.3, 0.4) is 0 Å². The van der Waals surface area contributed by atoms with Gasteiger partial charge in [-0.2, -0.15) is 5.10 Å². The van der Waals surface area contributed by atoms with Crippen molar-refractivity contribution in [1.82, 2.24) is 9.78 Å². The van der Waals surface area contributed by atoms with Crippen LogP contribution in [0.15, 0.2) is 22.6 Å². The summed E-state index contributed by atoms with van der Waals surface area (Å²) in [6.07, 6.45) is 1.52. The molecule has 1 aromatic rings. The molecule has 6 heteroatoms. The molecule has 1 heterocycles. The Labute approximate surface area is 110 Å². The second kappa shape index (κ2) is 6.07. The van der Waals surface area contributed by atoms with Crippen LogP contribution in [0.5, 0.6) is 0 Å². The summed E-state index contributed by atoms with van der Waals surface area (Å²) in [6, 6.07) is 0. The van der Waals surface area contributed by atoms with E-state index in [1.54, 1.807) is 0 Å². The van der Waals surface area contributed by atoms with Crippen molar-refractivity contribution in [1.29, 1.82) is 0 Å². The Morgan fingerprint density at radius 2 is 2.29 bits per heavy atom. The van der Waals surface area contributed by atoms with Crippen LogP contribution >= 0.6 is 23.2 Å². The zero-order valence-electron chi connectivity index (χ0n) is 9.83. The number of hydrogen-bond acceptors (Lipinski definition) is 3. The summed E-state index contributed by atoms with van der Waals surface area (Å²) in [5.74, 6) is 0.331. The van der Waals surface area contributed by atoms with E-state index in [4.69, 9.17) is 23.2 Å². The molecule has 0 amide bonds. The quantitative estimate of drug-likeness (QED) is 0.899. The van der Waals surface area contributed by atoms with Crippen molar-refractivity contribution in [3.63, 3.8) is 0 Å². The van der Waals surface area contributed by atoms with Gasteiger partial charge in [0.15, 0.2) is 0 Å². The van der Waals surface area contributed by atoms with E-state index in [2.05, 4.69) is 17.0 Å². The predicted octanol–water partition coefficient (Wildman–Crippen LogP) is 2.72. The van der Waals surface area contributed by atoms with Gasteiger partial charge in [0.1, 0.15) is 5.02 Å². The van der Waals surface area contributed by atoms with Crippen molar-refractivity contribution in [3.8, 4) is 0 Å². The van der Waals surface area contributed by atoms with Gasteiger partial charge < -0.3 is 5.32 Å². The van der Waals surface area contributed by atoms with E-state index in [-0.39, 0.29) is 10.6 Å². The van der Waals surface area contributed by atoms with Crippen LogP contribution in [-0.4, -0.2) is 16.3 Å². The normalized spacial score (nSPS) is 10.6. The number of hydrogen-bond donors (Lipinski definition) is 1. The van der Waals surface area contributed by atoms with E-state index in [1.165, 1.54) is 10.9 Å². The predicted molar refractivity (Wildman–Crippen MR) is 71.8 cm³/mol. The highest BCUT2D eigenvalue weighted by molar-refractivity contribution is 6.33. The maximum atomic E-state index is 11.8. The lowest BCUT2D eigenvalue weighted by molar-refractivity contribution is 0.464. The summed E-state index contributed by atoms with van der Waals surface area (Å²) < 4.78 is 1.35. The minimum Gasteiger partial charge on any atom is -0.377 e. The third-order valence-electron chi connectivity index (χ3n) is 1.99. The van der Waals surface area contributed by atoms with E-state index in [0.717, 1.165) is 0 Å². The Morgan fingerprint density at radius 3 is 2.82 bits per heavy atom. The van der Waals surface area contributed by atoms with E-state index >= 15 is 0 Å². The van der Waals surface area contributed by atoms with Gasteiger partial charge in [-0.3, -0.25) is 4.79 Å². The number of nitrogens with zero attached hydrogens (tertiary/aromatic N) is 2. The molecule has 0 bridgehead atoms. The Bertz CT molecular complexity index is 468. The molecule has 0 unspecified atom stereocenters. The van der Waals surface area contributed by atoms with Crippen LogP contribution in [0.1, 0.15) is 13.8 Å². The Kier molecular flexibility index (Phi) is 5.02. The van der Waals surface area contributed by atoms with Crippen LogP contribution in [0.25, 0.3) is 0 Å². The number of nitrogens with one attached hydrogen (secondary N) is 1. The van der Waals surface area contributed by atoms with Gasteiger partial charge >= 0.3 is 0 Å². The second-order valence-electron chi connectivity index (χ2n) is 4.12. The van der Waals surface area contributed by atoms with E-state index in [1.807, 2.05) is 13.8 Å². The zero-order valence-corrected chi connectivity index (χ0v) is 11.3. The van der Waals surface area contributed by atoms with E-state index in [9.17, 15) is 4.79 Å². The lowest BCUT2D eigenvalue weighted by Crippen LogP contribution is -2.26. The first kappa shape index (κ1) is 14.1. The molecule has 1 rings (SSSR count). The number of halogens is 2. The summed E-state index contributed by atoms with van der Waals surface area (Å²) in [4.78, 5) is 11.8. The molecule has 4 nitrogen and oxygen atoms in total. The third kappa shape index (κ3) is 4.06. The monoisotopic (exact) mass is 275 g/mol. The van der Waals surface area contributed by atoms with Crippen LogP contribution < -0.4 is 10.9 Å². The summed E-state index contributed by atoms with van der Waals surface area (Å²) in [5, 5.41) is 7.50. The smallest absolute Gasteiger partial charge is 0.287 e. The van der Waals surface area contributed by atoms with Gasteiger partial charge in [0.25, 0.3) is 5.56 Å². The number of aromatic nitrogens is 2. The molecule has 1 aromatic heterocycles. The van der Waals surface area contributed by atoms with Gasteiger partial charge in [0, 0.05) is 11.6 Å². The summed E-state index contributed by atoms with van der Waals surface area (Å²) in [6.45, 7) is 8.43. The molecule has 0 aliphatic heterocycles. The number of rotatable bonds is 5. The summed E-state index contributed by atoms with van der Waals surface area (Å²) >= 11 is 11.6. The SMILES string of the molecule is C=C(Cl)CNc1cnn(CC(C)C)c(=O)c1Cl. The van der Waals surface area contributed by atoms with Crippen molar-refractivity contribution in [3.05, 3.63) is 33.2 Å². The molecular formula is C11H15Cl2N3O. The molecule has 1 N–H and O–H groups in total. The molecular weight excluding hydrogens is 261 g/mol. The molecule has 0 atom stereocenters. The topological polar surface area (TPSA) is 46.9 Å². The zero-order chi connectivity index (χ0) is 13.0. The Hall–Kier alpha value is -1.00. The van der Waals surface area contributed by atoms with Crippen LogP contribution in [0.4, 0.5) is 5.69 Å². The van der Waals surface area contributed by atoms with Crippen molar-refractivity contribution in [2.45, 2.75) is 20.4 Å². The lowest BCUT2D eigenvalue weighted by Gasteiger charge is -2.11. The molecule has 0 aromatic carbocycles. The van der Waals surface area contributed by atoms with Crippen LogP contribution in [0, 0.1) is 5.92 Å². The highest BCUT2D eigenvalue weighted by atomic mass is 35.5. The van der Waals surface area contributed by atoms with Crippen molar-refractivity contribution in [2.75, 3.05) is 11.9 Å². The van der Waals surface area contributed by atoms with E-state index < -0.39 is 0 Å². The Morgan fingerprint density at radius 1 is 1.65 bits per heavy atom. The van der Waals surface area contributed by atoms with Crippen molar-refractivity contribution >= 4 is 28.9 Å². The molecule has 0 saturated carbocycles. The van der Waals surface area contributed by atoms with Gasteiger partial charge in [-0.1, -0.05) is 43.6 Å². The number of anilines is 1. The first-order chi connectivity index (χ1) is 7.91. The molecule has 0 fully saturated rings. The fourth-order valence-corrected chi connectivity index (χ4v) is 1.54. The molecule has 94 valence electrons. The van der Waals surface area contributed by atoms with Crippen molar-refractivity contribution < 1.29 is 0 Å². The fraction of sp³-hybridized carbons (Fsp3) is 0.455. The average molecular weight is 276 g/mol. The molecule has 17 heavy (non-hydrogen) atoms. The molecule has 0 aliphatic rings. The van der Waals surface area contributed by atoms with Gasteiger partial charge in [-0.15, -0.1) is 0 Å². The molecule has 0 saturated heterocycles. The molecule has 0 radical (unpaired) electrons. The first-order valence-electron chi connectivity index (χ1n) is 5.24. The van der Waals surface area contributed by atoms with Gasteiger partial charge in [0.05, 0.1) is 18.4 Å². The Balaban J connectivity index is 2.94. The maximum Gasteiger partial charge on any atom is 0.287 e. The molecule has 0 spiro atoms. The maximum absolute atomic E-state index is 11.8. The summed E-state index contributed by atoms with van der Waals surface area (Å²) in [7, 11) is 0. The summed E-state index contributed by atoms with van der Waals surface area (Å²) in [5.41, 5.74) is 0.170. The average Bonchev–Trinajstić information content (AvgIpc) is 2.23. The first-order valence-corrected chi connectivity index (χ1v) is 6.00. The fourth-order valence-electron chi connectivity index (χ4n) is 1.26. The van der Waals surface area contributed by atoms with Crippen LogP contribution in [-0.2, 0) is 6.54 Å². The lowest BCUT2D eigenvalue weighted by atomic mass is 10.2.